The maximum absolute atomic E-state index is 12.3. The van der Waals surface area contributed by atoms with Crippen LogP contribution in [0.2, 0.25) is 0 Å². The molecule has 0 rings (SSSR count). The highest BCUT2D eigenvalue weighted by Gasteiger charge is 2.29. The quantitative estimate of drug-likeness (QED) is 0.173. The van der Waals surface area contributed by atoms with Crippen LogP contribution in [0.3, 0.4) is 0 Å². The van der Waals surface area contributed by atoms with Crippen LogP contribution in [0.4, 0.5) is 0 Å². The van der Waals surface area contributed by atoms with E-state index in [4.69, 9.17) is 21.7 Å². The van der Waals surface area contributed by atoms with E-state index in [0.717, 1.165) is 0 Å². The Morgan fingerprint density at radius 1 is 0.926 bits per heavy atom. The molecule has 0 aliphatic heterocycles. The summed E-state index contributed by atoms with van der Waals surface area (Å²) < 4.78 is 0. The van der Waals surface area contributed by atoms with E-state index in [-0.39, 0.29) is 6.42 Å². The number of amides is 4. The third-order valence-corrected chi connectivity index (χ3v) is 3.25. The van der Waals surface area contributed by atoms with Gasteiger partial charge in [-0.15, -0.1) is 0 Å². The molecule has 9 N–H and O–H groups in total. The fourth-order valence-corrected chi connectivity index (χ4v) is 1.85. The first kappa shape index (κ1) is 23.8. The molecular weight excluding hydrogens is 366 g/mol. The molecule has 3 atom stereocenters. The summed E-state index contributed by atoms with van der Waals surface area (Å²) in [5.41, 5.74) is 10.2. The molecule has 0 saturated heterocycles. The number of primary amides is 1. The summed E-state index contributed by atoms with van der Waals surface area (Å²) >= 11 is 0. The maximum atomic E-state index is 12.3. The van der Waals surface area contributed by atoms with E-state index >= 15 is 0 Å². The van der Waals surface area contributed by atoms with E-state index < -0.39 is 73.1 Å². The molecule has 13 nitrogen and oxygen atoms in total. The van der Waals surface area contributed by atoms with Gasteiger partial charge in [-0.25, -0.2) is 0 Å². The van der Waals surface area contributed by atoms with E-state index in [1.165, 1.54) is 6.92 Å². The van der Waals surface area contributed by atoms with Gasteiger partial charge in [0.1, 0.15) is 18.1 Å². The van der Waals surface area contributed by atoms with Crippen molar-refractivity contribution in [3.05, 3.63) is 0 Å². The van der Waals surface area contributed by atoms with Gasteiger partial charge in [0.2, 0.25) is 23.6 Å². The van der Waals surface area contributed by atoms with E-state index in [2.05, 4.69) is 16.0 Å². The maximum Gasteiger partial charge on any atom is 0.325 e. The summed E-state index contributed by atoms with van der Waals surface area (Å²) in [5.74, 6) is -6.21. The zero-order valence-electron chi connectivity index (χ0n) is 14.6. The number of nitrogens with two attached hydrogens (primary N) is 2. The van der Waals surface area contributed by atoms with Crippen molar-refractivity contribution >= 4 is 35.6 Å². The van der Waals surface area contributed by atoms with Crippen molar-refractivity contribution < 1.29 is 39.0 Å². The molecule has 13 heteroatoms. The van der Waals surface area contributed by atoms with Crippen LogP contribution in [0, 0.1) is 0 Å². The Kier molecular flexibility index (Phi) is 10.0. The summed E-state index contributed by atoms with van der Waals surface area (Å²) in [6.45, 7) is 0.707. The summed E-state index contributed by atoms with van der Waals surface area (Å²) in [6.07, 6.45) is -1.41. The van der Waals surface area contributed by atoms with Gasteiger partial charge in [0.05, 0.1) is 13.0 Å². The Bertz CT molecular complexity index is 608. The zero-order chi connectivity index (χ0) is 21.1. The Balaban J connectivity index is 5.24. The standard InChI is InChI=1S/C14H23N5O8/c1-6(14(26)27)17-13(25)8(4-9(16)20)19-12(24)7(2-3-11(22)23)18-10(21)5-15/h6-8H,2-5,15H2,1H3,(H2,16,20)(H,17,25)(H,18,21)(H,19,24)(H,22,23)(H,26,27). The summed E-state index contributed by atoms with van der Waals surface area (Å²) in [7, 11) is 0. The van der Waals surface area contributed by atoms with Crippen molar-refractivity contribution in [2.24, 2.45) is 11.5 Å². The van der Waals surface area contributed by atoms with E-state index in [1.807, 2.05) is 0 Å². The highest BCUT2D eigenvalue weighted by Crippen LogP contribution is 2.01. The lowest BCUT2D eigenvalue weighted by Crippen LogP contribution is -2.56. The smallest absolute Gasteiger partial charge is 0.325 e. The number of carboxylic acid groups (broad SMARTS) is 2. The minimum absolute atomic E-state index is 0.302. The molecule has 0 aromatic rings. The van der Waals surface area contributed by atoms with Gasteiger partial charge in [0.15, 0.2) is 0 Å². The van der Waals surface area contributed by atoms with Crippen LogP contribution in [0.1, 0.15) is 26.2 Å². The fraction of sp³-hybridized carbons (Fsp3) is 0.571. The minimum atomic E-state index is -1.51. The van der Waals surface area contributed by atoms with Gasteiger partial charge >= 0.3 is 11.9 Å². The van der Waals surface area contributed by atoms with Gasteiger partial charge in [-0.2, -0.15) is 0 Å². The molecule has 0 aromatic carbocycles. The summed E-state index contributed by atoms with van der Waals surface area (Å²) in [5, 5.41) is 23.9. The Morgan fingerprint density at radius 3 is 1.93 bits per heavy atom. The SMILES string of the molecule is CC(NC(=O)C(CC(N)=O)NC(=O)C(CCC(=O)O)NC(=O)CN)C(=O)O. The largest absolute Gasteiger partial charge is 0.481 e. The van der Waals surface area contributed by atoms with Gasteiger partial charge < -0.3 is 37.6 Å². The first-order chi connectivity index (χ1) is 12.5. The van der Waals surface area contributed by atoms with Crippen molar-refractivity contribution in [3.63, 3.8) is 0 Å². The molecule has 0 heterocycles. The molecule has 0 fully saturated rings. The number of aliphatic carboxylic acids is 2. The highest BCUT2D eigenvalue weighted by molar-refractivity contribution is 5.95. The summed E-state index contributed by atoms with van der Waals surface area (Å²) in [6, 6.07) is -4.15. The van der Waals surface area contributed by atoms with E-state index in [9.17, 15) is 28.8 Å². The molecule has 3 unspecified atom stereocenters. The monoisotopic (exact) mass is 389 g/mol. The Hall–Kier alpha value is -3.22. The van der Waals surface area contributed by atoms with Crippen molar-refractivity contribution in [2.45, 2.75) is 44.3 Å². The zero-order valence-corrected chi connectivity index (χ0v) is 14.6. The number of carbonyl (C=O) groups excluding carboxylic acids is 4. The van der Waals surface area contributed by atoms with Gasteiger partial charge in [0.25, 0.3) is 0 Å². The molecule has 4 amide bonds. The predicted octanol–water partition coefficient (Wildman–Crippen LogP) is -3.76. The molecule has 152 valence electrons. The topological polar surface area (TPSA) is 231 Å². The average Bonchev–Trinajstić information content (AvgIpc) is 2.56. The molecule has 0 spiro atoms. The number of hydrogen-bond acceptors (Lipinski definition) is 7. The lowest BCUT2D eigenvalue weighted by Gasteiger charge is -2.23. The predicted molar refractivity (Wildman–Crippen MR) is 88.8 cm³/mol. The van der Waals surface area contributed by atoms with Crippen LogP contribution in [-0.2, 0) is 28.8 Å². The van der Waals surface area contributed by atoms with Gasteiger partial charge in [-0.1, -0.05) is 0 Å². The van der Waals surface area contributed by atoms with E-state index in [0.29, 0.717) is 0 Å². The van der Waals surface area contributed by atoms with Crippen molar-refractivity contribution in [1.82, 2.24) is 16.0 Å². The molecule has 0 bridgehead atoms. The van der Waals surface area contributed by atoms with Crippen LogP contribution in [0.5, 0.6) is 0 Å². The second kappa shape index (κ2) is 11.4. The third kappa shape index (κ3) is 9.74. The Labute approximate surface area is 153 Å². The average molecular weight is 389 g/mol. The molecule has 0 radical (unpaired) electrons. The molecule has 27 heavy (non-hydrogen) atoms. The number of rotatable bonds is 12. The van der Waals surface area contributed by atoms with Crippen molar-refractivity contribution in [3.8, 4) is 0 Å². The van der Waals surface area contributed by atoms with Crippen molar-refractivity contribution in [1.29, 1.82) is 0 Å². The number of carbonyl (C=O) groups is 6. The van der Waals surface area contributed by atoms with Gasteiger partial charge in [-0.05, 0) is 13.3 Å². The second-order valence-electron chi connectivity index (χ2n) is 5.56. The van der Waals surface area contributed by atoms with Crippen LogP contribution in [0.25, 0.3) is 0 Å². The van der Waals surface area contributed by atoms with Crippen molar-refractivity contribution in [2.75, 3.05) is 6.54 Å². The fourth-order valence-electron chi connectivity index (χ4n) is 1.85. The molecule has 0 saturated carbocycles. The highest BCUT2D eigenvalue weighted by atomic mass is 16.4. The number of hydrogen-bond donors (Lipinski definition) is 7. The first-order valence-corrected chi connectivity index (χ1v) is 7.81. The first-order valence-electron chi connectivity index (χ1n) is 7.81. The third-order valence-electron chi connectivity index (χ3n) is 3.25. The minimum Gasteiger partial charge on any atom is -0.481 e. The number of carboxylic acids is 2. The summed E-state index contributed by atoms with van der Waals surface area (Å²) in [4.78, 5) is 68.5. The molecule has 0 aliphatic rings. The van der Waals surface area contributed by atoms with Gasteiger partial charge in [0, 0.05) is 6.42 Å². The van der Waals surface area contributed by atoms with Gasteiger partial charge in [-0.3, -0.25) is 28.8 Å². The lowest BCUT2D eigenvalue weighted by atomic mass is 10.1. The lowest BCUT2D eigenvalue weighted by molar-refractivity contribution is -0.142. The van der Waals surface area contributed by atoms with E-state index in [1.54, 1.807) is 0 Å². The molecular formula is C14H23N5O8. The van der Waals surface area contributed by atoms with Crippen LogP contribution >= 0.6 is 0 Å². The molecule has 0 aliphatic carbocycles. The number of nitrogens with one attached hydrogen (secondary N) is 3. The van der Waals surface area contributed by atoms with Crippen LogP contribution in [0.15, 0.2) is 0 Å². The molecule has 0 aromatic heterocycles. The Morgan fingerprint density at radius 2 is 1.48 bits per heavy atom. The van der Waals surface area contributed by atoms with Crippen LogP contribution < -0.4 is 27.4 Å². The second-order valence-corrected chi connectivity index (χ2v) is 5.56. The van der Waals surface area contributed by atoms with Crippen LogP contribution in [-0.4, -0.2) is 70.5 Å². The normalized spacial score (nSPS) is 13.6.